The highest BCUT2D eigenvalue weighted by molar-refractivity contribution is 5.31. The fraction of sp³-hybridized carbons (Fsp3) is 0.280. The van der Waals surface area contributed by atoms with E-state index >= 15 is 0 Å². The summed E-state index contributed by atoms with van der Waals surface area (Å²) < 4.78 is 16.3. The first-order valence-corrected chi connectivity index (χ1v) is 10.0. The Kier molecular flexibility index (Phi) is 8.12. The Morgan fingerprint density at radius 3 is 2.07 bits per heavy atom. The SMILES string of the molecule is COc1ccc(OC[C@@H](O)CN(Cc2ccccc2)Cc2cccc(OC)c2)cc1. The number of hydrogen-bond acceptors (Lipinski definition) is 5. The van der Waals surface area contributed by atoms with Gasteiger partial charge in [0.15, 0.2) is 0 Å². The van der Waals surface area contributed by atoms with Crippen LogP contribution in [0.4, 0.5) is 0 Å². The van der Waals surface area contributed by atoms with E-state index < -0.39 is 6.10 Å². The van der Waals surface area contributed by atoms with Gasteiger partial charge in [0.1, 0.15) is 30.0 Å². The molecule has 5 heteroatoms. The lowest BCUT2D eigenvalue weighted by molar-refractivity contribution is 0.0628. The number of aliphatic hydroxyl groups excluding tert-OH is 1. The summed E-state index contributed by atoms with van der Waals surface area (Å²) >= 11 is 0. The standard InChI is InChI=1S/C25H29NO4/c1-28-23-11-13-24(14-12-23)30-19-22(27)18-26(16-20-7-4-3-5-8-20)17-21-9-6-10-25(15-21)29-2/h3-15,22,27H,16-19H2,1-2H3/t22-/m0/s1. The lowest BCUT2D eigenvalue weighted by Gasteiger charge is -2.25. The molecule has 0 fully saturated rings. The van der Waals surface area contributed by atoms with Crippen molar-refractivity contribution in [2.45, 2.75) is 19.2 Å². The first kappa shape index (κ1) is 21.7. The van der Waals surface area contributed by atoms with Crippen molar-refractivity contribution < 1.29 is 19.3 Å². The molecule has 0 aliphatic heterocycles. The molecule has 0 saturated heterocycles. The molecule has 0 unspecified atom stereocenters. The van der Waals surface area contributed by atoms with E-state index in [0.29, 0.717) is 18.8 Å². The summed E-state index contributed by atoms with van der Waals surface area (Å²) in [6, 6.07) is 25.6. The first-order chi connectivity index (χ1) is 14.7. The van der Waals surface area contributed by atoms with Gasteiger partial charge in [-0.15, -0.1) is 0 Å². The molecule has 5 nitrogen and oxygen atoms in total. The quantitative estimate of drug-likeness (QED) is 0.518. The van der Waals surface area contributed by atoms with E-state index in [4.69, 9.17) is 14.2 Å². The number of benzene rings is 3. The highest BCUT2D eigenvalue weighted by Gasteiger charge is 2.14. The molecule has 0 aromatic heterocycles. The number of rotatable bonds is 11. The van der Waals surface area contributed by atoms with Crippen LogP contribution in [-0.2, 0) is 13.1 Å². The highest BCUT2D eigenvalue weighted by Crippen LogP contribution is 2.18. The molecule has 0 heterocycles. The van der Waals surface area contributed by atoms with Crippen molar-refractivity contribution in [1.29, 1.82) is 0 Å². The smallest absolute Gasteiger partial charge is 0.119 e. The van der Waals surface area contributed by atoms with Crippen LogP contribution in [0.1, 0.15) is 11.1 Å². The molecule has 30 heavy (non-hydrogen) atoms. The molecule has 3 aromatic carbocycles. The van der Waals surface area contributed by atoms with Crippen molar-refractivity contribution in [2.24, 2.45) is 0 Å². The second kappa shape index (κ2) is 11.2. The summed E-state index contributed by atoms with van der Waals surface area (Å²) in [5.74, 6) is 2.31. The molecule has 3 aromatic rings. The summed E-state index contributed by atoms with van der Waals surface area (Å²) in [5.41, 5.74) is 2.33. The summed E-state index contributed by atoms with van der Waals surface area (Å²) in [5, 5.41) is 10.6. The van der Waals surface area contributed by atoms with Gasteiger partial charge in [-0.2, -0.15) is 0 Å². The van der Waals surface area contributed by atoms with Crippen LogP contribution in [0.2, 0.25) is 0 Å². The van der Waals surface area contributed by atoms with Crippen molar-refractivity contribution in [2.75, 3.05) is 27.4 Å². The second-order valence-electron chi connectivity index (χ2n) is 7.15. The number of nitrogens with zero attached hydrogens (tertiary/aromatic N) is 1. The van der Waals surface area contributed by atoms with Gasteiger partial charge >= 0.3 is 0 Å². The third-order valence-electron chi connectivity index (χ3n) is 4.76. The maximum Gasteiger partial charge on any atom is 0.119 e. The minimum absolute atomic E-state index is 0.218. The minimum Gasteiger partial charge on any atom is -0.497 e. The zero-order valence-electron chi connectivity index (χ0n) is 17.5. The molecule has 0 amide bonds. The number of ether oxygens (including phenoxy) is 3. The average molecular weight is 408 g/mol. The summed E-state index contributed by atoms with van der Waals surface area (Å²) in [7, 11) is 3.30. The van der Waals surface area contributed by atoms with Crippen LogP contribution in [-0.4, -0.2) is 43.5 Å². The fourth-order valence-electron chi connectivity index (χ4n) is 3.27. The molecular formula is C25H29NO4. The Labute approximate surface area is 178 Å². The average Bonchev–Trinajstić information content (AvgIpc) is 2.79. The predicted molar refractivity (Wildman–Crippen MR) is 118 cm³/mol. The van der Waals surface area contributed by atoms with Gasteiger partial charge in [0, 0.05) is 19.6 Å². The Hall–Kier alpha value is -3.02. The molecule has 1 atom stereocenters. The third-order valence-corrected chi connectivity index (χ3v) is 4.76. The topological polar surface area (TPSA) is 51.2 Å². The fourth-order valence-corrected chi connectivity index (χ4v) is 3.27. The molecule has 158 valence electrons. The highest BCUT2D eigenvalue weighted by atomic mass is 16.5. The van der Waals surface area contributed by atoms with Crippen molar-refractivity contribution >= 4 is 0 Å². The lowest BCUT2D eigenvalue weighted by atomic mass is 10.1. The van der Waals surface area contributed by atoms with Gasteiger partial charge in [0.25, 0.3) is 0 Å². The largest absolute Gasteiger partial charge is 0.497 e. The lowest BCUT2D eigenvalue weighted by Crippen LogP contribution is -2.35. The van der Waals surface area contributed by atoms with E-state index in [1.165, 1.54) is 5.56 Å². The Balaban J connectivity index is 1.62. The molecule has 0 bridgehead atoms. The van der Waals surface area contributed by atoms with E-state index in [0.717, 1.165) is 23.6 Å². The molecule has 0 aliphatic rings. The van der Waals surface area contributed by atoms with E-state index in [1.54, 1.807) is 14.2 Å². The summed E-state index contributed by atoms with van der Waals surface area (Å²) in [4.78, 5) is 2.21. The van der Waals surface area contributed by atoms with Crippen LogP contribution >= 0.6 is 0 Å². The Morgan fingerprint density at radius 1 is 0.733 bits per heavy atom. The van der Waals surface area contributed by atoms with Gasteiger partial charge in [-0.05, 0) is 47.5 Å². The van der Waals surface area contributed by atoms with Crippen molar-refractivity contribution in [3.8, 4) is 17.2 Å². The van der Waals surface area contributed by atoms with Gasteiger partial charge < -0.3 is 19.3 Å². The molecule has 0 spiro atoms. The van der Waals surface area contributed by atoms with Gasteiger partial charge in [-0.1, -0.05) is 42.5 Å². The monoisotopic (exact) mass is 407 g/mol. The van der Waals surface area contributed by atoms with Crippen LogP contribution in [0.3, 0.4) is 0 Å². The van der Waals surface area contributed by atoms with E-state index in [2.05, 4.69) is 23.1 Å². The van der Waals surface area contributed by atoms with Crippen molar-refractivity contribution in [3.63, 3.8) is 0 Å². The second-order valence-corrected chi connectivity index (χ2v) is 7.15. The normalized spacial score (nSPS) is 11.9. The van der Waals surface area contributed by atoms with E-state index in [1.807, 2.05) is 60.7 Å². The van der Waals surface area contributed by atoms with Crippen LogP contribution in [0.5, 0.6) is 17.2 Å². The van der Waals surface area contributed by atoms with Crippen molar-refractivity contribution in [3.05, 3.63) is 90.0 Å². The van der Waals surface area contributed by atoms with Crippen molar-refractivity contribution in [1.82, 2.24) is 4.90 Å². The van der Waals surface area contributed by atoms with Crippen LogP contribution < -0.4 is 14.2 Å². The summed E-state index contributed by atoms with van der Waals surface area (Å²) in [6.45, 7) is 2.14. The number of hydrogen-bond donors (Lipinski definition) is 1. The zero-order chi connectivity index (χ0) is 21.2. The van der Waals surface area contributed by atoms with Gasteiger partial charge in [-0.3, -0.25) is 4.90 Å². The zero-order valence-corrected chi connectivity index (χ0v) is 17.5. The molecule has 3 rings (SSSR count). The number of aliphatic hydroxyl groups is 1. The van der Waals surface area contributed by atoms with E-state index in [9.17, 15) is 5.11 Å². The van der Waals surface area contributed by atoms with Crippen LogP contribution in [0, 0.1) is 0 Å². The van der Waals surface area contributed by atoms with E-state index in [-0.39, 0.29) is 6.61 Å². The van der Waals surface area contributed by atoms with Crippen LogP contribution in [0.15, 0.2) is 78.9 Å². The first-order valence-electron chi connectivity index (χ1n) is 10.0. The van der Waals surface area contributed by atoms with Gasteiger partial charge in [0.05, 0.1) is 14.2 Å². The number of methoxy groups -OCH3 is 2. The summed E-state index contributed by atoms with van der Waals surface area (Å²) in [6.07, 6.45) is -0.624. The molecule has 1 N–H and O–H groups in total. The molecule has 0 saturated carbocycles. The molecule has 0 radical (unpaired) electrons. The minimum atomic E-state index is -0.624. The Bertz CT molecular complexity index is 883. The predicted octanol–water partition coefficient (Wildman–Crippen LogP) is 4.15. The maximum atomic E-state index is 10.6. The van der Waals surface area contributed by atoms with Gasteiger partial charge in [-0.25, -0.2) is 0 Å². The third kappa shape index (κ3) is 6.79. The van der Waals surface area contributed by atoms with Gasteiger partial charge in [0.2, 0.25) is 0 Å². The Morgan fingerprint density at radius 2 is 1.37 bits per heavy atom. The molecular weight excluding hydrogens is 378 g/mol. The molecule has 0 aliphatic carbocycles. The van der Waals surface area contributed by atoms with Crippen LogP contribution in [0.25, 0.3) is 0 Å². The maximum absolute atomic E-state index is 10.6.